The first-order valence-electron chi connectivity index (χ1n) is 7.60. The Morgan fingerprint density at radius 1 is 1.22 bits per heavy atom. The highest BCUT2D eigenvalue weighted by atomic mass is 16.5. The normalized spacial score (nSPS) is 19.2. The van der Waals surface area contributed by atoms with Crippen molar-refractivity contribution in [2.75, 3.05) is 5.32 Å². The summed E-state index contributed by atoms with van der Waals surface area (Å²) in [5, 5.41) is 9.27. The molecule has 1 aliphatic rings. The predicted octanol–water partition coefficient (Wildman–Crippen LogP) is 2.18. The zero-order valence-electron chi connectivity index (χ0n) is 13.1. The lowest BCUT2D eigenvalue weighted by atomic mass is 10.1. The van der Waals surface area contributed by atoms with Gasteiger partial charge in [0.15, 0.2) is 5.82 Å². The van der Waals surface area contributed by atoms with Crippen LogP contribution in [0.4, 0.5) is 5.82 Å². The quantitative estimate of drug-likeness (QED) is 0.886. The van der Waals surface area contributed by atoms with E-state index in [0.29, 0.717) is 24.5 Å². The second-order valence-electron chi connectivity index (χ2n) is 5.97. The summed E-state index contributed by atoms with van der Waals surface area (Å²) in [4.78, 5) is 24.2. The van der Waals surface area contributed by atoms with Gasteiger partial charge in [-0.1, -0.05) is 35.0 Å². The Balaban J connectivity index is 1.47. The molecule has 0 aliphatic heterocycles. The Hall–Kier alpha value is -2.63. The van der Waals surface area contributed by atoms with E-state index in [1.165, 1.54) is 0 Å². The first kappa shape index (κ1) is 15.3. The topological polar surface area (TPSA) is 84.2 Å². The van der Waals surface area contributed by atoms with Crippen molar-refractivity contribution in [1.29, 1.82) is 0 Å². The molecule has 2 atom stereocenters. The lowest BCUT2D eigenvalue weighted by Gasteiger charge is -2.06. The molecule has 1 aromatic heterocycles. The van der Waals surface area contributed by atoms with Gasteiger partial charge in [-0.2, -0.15) is 0 Å². The summed E-state index contributed by atoms with van der Waals surface area (Å²) in [5.41, 5.74) is 2.21. The molecule has 2 amide bonds. The SMILES string of the molecule is Cc1cccc(CNC(=O)C2CC2C(=O)Nc2cc(C)on2)c1. The van der Waals surface area contributed by atoms with Gasteiger partial charge < -0.3 is 15.2 Å². The van der Waals surface area contributed by atoms with E-state index in [1.807, 2.05) is 31.2 Å². The molecule has 0 radical (unpaired) electrons. The molecule has 3 rings (SSSR count). The van der Waals surface area contributed by atoms with Gasteiger partial charge in [-0.25, -0.2) is 0 Å². The van der Waals surface area contributed by atoms with E-state index < -0.39 is 0 Å². The maximum Gasteiger partial charge on any atom is 0.229 e. The first-order chi connectivity index (χ1) is 11.0. The Bertz CT molecular complexity index is 738. The highest BCUT2D eigenvalue weighted by Gasteiger charge is 2.48. The maximum atomic E-state index is 12.1. The molecule has 2 N–H and O–H groups in total. The Morgan fingerprint density at radius 3 is 2.70 bits per heavy atom. The standard InChI is InChI=1S/C17H19N3O3/c1-10-4-3-5-12(6-10)9-18-16(21)13-8-14(13)17(22)19-15-7-11(2)23-20-15/h3-7,13-14H,8-9H2,1-2H3,(H,18,21)(H,19,20,22). The van der Waals surface area contributed by atoms with Crippen molar-refractivity contribution in [3.05, 3.63) is 47.2 Å². The molecule has 1 saturated carbocycles. The van der Waals surface area contributed by atoms with Crippen LogP contribution >= 0.6 is 0 Å². The highest BCUT2D eigenvalue weighted by molar-refractivity contribution is 5.99. The van der Waals surface area contributed by atoms with Crippen LogP contribution in [0.15, 0.2) is 34.9 Å². The lowest BCUT2D eigenvalue weighted by Crippen LogP contribution is -2.27. The molecule has 2 aromatic rings. The van der Waals surface area contributed by atoms with Gasteiger partial charge in [-0.05, 0) is 25.8 Å². The van der Waals surface area contributed by atoms with Crippen LogP contribution in [0.1, 0.15) is 23.3 Å². The number of hydrogen-bond acceptors (Lipinski definition) is 4. The third-order valence-corrected chi connectivity index (χ3v) is 3.89. The van der Waals surface area contributed by atoms with E-state index in [1.54, 1.807) is 13.0 Å². The van der Waals surface area contributed by atoms with E-state index in [2.05, 4.69) is 15.8 Å². The predicted molar refractivity (Wildman–Crippen MR) is 84.5 cm³/mol. The fourth-order valence-corrected chi connectivity index (χ4v) is 2.56. The third-order valence-electron chi connectivity index (χ3n) is 3.89. The van der Waals surface area contributed by atoms with Gasteiger partial charge in [-0.15, -0.1) is 0 Å². The maximum absolute atomic E-state index is 12.1. The summed E-state index contributed by atoms with van der Waals surface area (Å²) in [6.45, 7) is 4.24. The number of nitrogens with zero attached hydrogens (tertiary/aromatic N) is 1. The van der Waals surface area contributed by atoms with E-state index in [0.717, 1.165) is 11.1 Å². The number of hydrogen-bond donors (Lipinski definition) is 2. The number of amides is 2. The van der Waals surface area contributed by atoms with Crippen molar-refractivity contribution in [3.63, 3.8) is 0 Å². The van der Waals surface area contributed by atoms with Gasteiger partial charge >= 0.3 is 0 Å². The van der Waals surface area contributed by atoms with E-state index in [-0.39, 0.29) is 23.7 Å². The van der Waals surface area contributed by atoms with Crippen molar-refractivity contribution in [2.24, 2.45) is 11.8 Å². The summed E-state index contributed by atoms with van der Waals surface area (Å²) in [6.07, 6.45) is 0.572. The number of nitrogens with one attached hydrogen (secondary N) is 2. The van der Waals surface area contributed by atoms with Gasteiger partial charge in [0.2, 0.25) is 11.8 Å². The Labute approximate surface area is 134 Å². The minimum Gasteiger partial charge on any atom is -0.360 e. The minimum atomic E-state index is -0.287. The molecule has 120 valence electrons. The molecular weight excluding hydrogens is 294 g/mol. The van der Waals surface area contributed by atoms with Gasteiger partial charge in [0.05, 0.1) is 11.8 Å². The number of carbonyl (C=O) groups excluding carboxylic acids is 2. The van der Waals surface area contributed by atoms with Crippen LogP contribution in [-0.2, 0) is 16.1 Å². The van der Waals surface area contributed by atoms with E-state index in [9.17, 15) is 9.59 Å². The van der Waals surface area contributed by atoms with Gasteiger partial charge in [-0.3, -0.25) is 9.59 Å². The summed E-state index contributed by atoms with van der Waals surface area (Å²) in [7, 11) is 0. The second kappa shape index (κ2) is 6.24. The molecule has 1 aromatic carbocycles. The van der Waals surface area contributed by atoms with Gasteiger partial charge in [0.25, 0.3) is 0 Å². The second-order valence-corrected chi connectivity index (χ2v) is 5.97. The molecular formula is C17H19N3O3. The summed E-state index contributed by atoms with van der Waals surface area (Å²) in [5.74, 6) is 0.205. The Morgan fingerprint density at radius 2 is 2.00 bits per heavy atom. The summed E-state index contributed by atoms with van der Waals surface area (Å²) >= 11 is 0. The number of carbonyl (C=O) groups is 2. The molecule has 1 heterocycles. The zero-order valence-corrected chi connectivity index (χ0v) is 13.1. The molecule has 1 aliphatic carbocycles. The molecule has 2 unspecified atom stereocenters. The monoisotopic (exact) mass is 313 g/mol. The van der Waals surface area contributed by atoms with E-state index >= 15 is 0 Å². The third kappa shape index (κ3) is 3.77. The number of benzene rings is 1. The molecule has 6 heteroatoms. The van der Waals surface area contributed by atoms with Crippen molar-refractivity contribution in [3.8, 4) is 0 Å². The molecule has 1 fully saturated rings. The number of aryl methyl sites for hydroxylation is 2. The van der Waals surface area contributed by atoms with E-state index in [4.69, 9.17) is 4.52 Å². The van der Waals surface area contributed by atoms with Crippen molar-refractivity contribution in [2.45, 2.75) is 26.8 Å². The number of rotatable bonds is 5. The summed E-state index contributed by atoms with van der Waals surface area (Å²) < 4.78 is 4.89. The largest absolute Gasteiger partial charge is 0.360 e. The van der Waals surface area contributed by atoms with Crippen LogP contribution in [0, 0.1) is 25.7 Å². The zero-order chi connectivity index (χ0) is 16.4. The number of anilines is 1. The average Bonchev–Trinajstić information content (AvgIpc) is 3.22. The minimum absolute atomic E-state index is 0.0806. The Kier molecular flexibility index (Phi) is 4.14. The van der Waals surface area contributed by atoms with Crippen molar-refractivity contribution in [1.82, 2.24) is 10.5 Å². The summed E-state index contributed by atoms with van der Waals surface area (Å²) in [6, 6.07) is 9.62. The van der Waals surface area contributed by atoms with Gasteiger partial charge in [0.1, 0.15) is 5.76 Å². The fourth-order valence-electron chi connectivity index (χ4n) is 2.56. The van der Waals surface area contributed by atoms with Crippen molar-refractivity contribution < 1.29 is 14.1 Å². The molecule has 0 saturated heterocycles. The van der Waals surface area contributed by atoms with Crippen LogP contribution < -0.4 is 10.6 Å². The molecule has 0 spiro atoms. The lowest BCUT2D eigenvalue weighted by molar-refractivity contribution is -0.125. The first-order valence-corrected chi connectivity index (χ1v) is 7.60. The number of aromatic nitrogens is 1. The highest BCUT2D eigenvalue weighted by Crippen LogP contribution is 2.39. The molecule has 23 heavy (non-hydrogen) atoms. The van der Waals surface area contributed by atoms with Crippen LogP contribution in [0.2, 0.25) is 0 Å². The van der Waals surface area contributed by atoms with Crippen LogP contribution in [0.25, 0.3) is 0 Å². The average molecular weight is 313 g/mol. The van der Waals surface area contributed by atoms with Gasteiger partial charge in [0, 0.05) is 12.6 Å². The van der Waals surface area contributed by atoms with Crippen molar-refractivity contribution >= 4 is 17.6 Å². The van der Waals surface area contributed by atoms with Crippen LogP contribution in [0.3, 0.4) is 0 Å². The smallest absolute Gasteiger partial charge is 0.229 e. The molecule has 6 nitrogen and oxygen atoms in total. The van der Waals surface area contributed by atoms with Crippen LogP contribution in [-0.4, -0.2) is 17.0 Å². The van der Waals surface area contributed by atoms with Crippen LogP contribution in [0.5, 0.6) is 0 Å². The fraction of sp³-hybridized carbons (Fsp3) is 0.353. The molecule has 0 bridgehead atoms.